The second-order valence-electron chi connectivity index (χ2n) is 9.39. The van der Waals surface area contributed by atoms with Crippen LogP contribution in [0.25, 0.3) is 0 Å². The molecule has 3 aromatic carbocycles. The van der Waals surface area contributed by atoms with Crippen molar-refractivity contribution in [2.24, 2.45) is 0 Å². The predicted molar refractivity (Wildman–Crippen MR) is 142 cm³/mol. The third kappa shape index (κ3) is 6.53. The van der Waals surface area contributed by atoms with Crippen LogP contribution in [0.5, 0.6) is 0 Å². The monoisotopic (exact) mass is 498 g/mol. The van der Waals surface area contributed by atoms with Gasteiger partial charge in [0.15, 0.2) is 0 Å². The van der Waals surface area contributed by atoms with Crippen LogP contribution in [0.4, 0.5) is 15.8 Å². The molecule has 0 spiro atoms. The molecular formula is C30H31FN4O2. The number of halogens is 1. The van der Waals surface area contributed by atoms with Crippen LogP contribution in [0.15, 0.2) is 72.8 Å². The van der Waals surface area contributed by atoms with Gasteiger partial charge >= 0.3 is 0 Å². The number of nitrogens with zero attached hydrogens (tertiary/aromatic N) is 2. The molecule has 0 bridgehead atoms. The Kier molecular flexibility index (Phi) is 8.52. The van der Waals surface area contributed by atoms with E-state index in [1.54, 1.807) is 30.3 Å². The first-order chi connectivity index (χ1) is 18.0. The van der Waals surface area contributed by atoms with Gasteiger partial charge in [-0.15, -0.1) is 0 Å². The largest absolute Gasteiger partial charge is 0.376 e. The topological polar surface area (TPSA) is 85.2 Å². The molecule has 0 aliphatic heterocycles. The van der Waals surface area contributed by atoms with Gasteiger partial charge in [0, 0.05) is 17.4 Å². The number of hydrogen-bond donors (Lipinski definition) is 2. The Morgan fingerprint density at radius 1 is 1.03 bits per heavy atom. The molecule has 1 fully saturated rings. The van der Waals surface area contributed by atoms with Crippen LogP contribution in [0.2, 0.25) is 0 Å². The van der Waals surface area contributed by atoms with E-state index >= 15 is 0 Å². The number of anilines is 2. The molecule has 0 radical (unpaired) electrons. The minimum atomic E-state index is -0.982. The molecule has 2 amide bonds. The lowest BCUT2D eigenvalue weighted by Gasteiger charge is -2.34. The number of hydrogen-bond acceptors (Lipinski definition) is 4. The second kappa shape index (κ2) is 12.2. The number of aryl methyl sites for hydroxylation is 1. The molecule has 190 valence electrons. The van der Waals surface area contributed by atoms with E-state index in [9.17, 15) is 19.2 Å². The van der Waals surface area contributed by atoms with E-state index in [1.165, 1.54) is 23.1 Å². The van der Waals surface area contributed by atoms with Crippen molar-refractivity contribution >= 4 is 23.2 Å². The van der Waals surface area contributed by atoms with Crippen molar-refractivity contribution < 1.29 is 14.0 Å². The van der Waals surface area contributed by atoms with E-state index in [0.29, 0.717) is 22.5 Å². The average molecular weight is 499 g/mol. The van der Waals surface area contributed by atoms with Crippen LogP contribution in [0.3, 0.4) is 0 Å². The molecule has 37 heavy (non-hydrogen) atoms. The number of amides is 2. The van der Waals surface area contributed by atoms with Crippen LogP contribution in [-0.2, 0) is 9.59 Å². The van der Waals surface area contributed by atoms with Crippen molar-refractivity contribution in [2.45, 2.75) is 51.1 Å². The quantitative estimate of drug-likeness (QED) is 0.421. The van der Waals surface area contributed by atoms with Gasteiger partial charge in [-0.2, -0.15) is 5.26 Å². The Morgan fingerprint density at radius 3 is 2.51 bits per heavy atom. The molecule has 1 aliphatic rings. The summed E-state index contributed by atoms with van der Waals surface area (Å²) in [6.45, 7) is 1.75. The highest BCUT2D eigenvalue weighted by atomic mass is 19.1. The summed E-state index contributed by atoms with van der Waals surface area (Å²) in [4.78, 5) is 29.1. The van der Waals surface area contributed by atoms with Crippen LogP contribution in [0.1, 0.15) is 54.8 Å². The molecule has 0 heterocycles. The maximum atomic E-state index is 14.4. The number of nitriles is 1. The van der Waals surface area contributed by atoms with Crippen molar-refractivity contribution in [2.75, 3.05) is 16.8 Å². The van der Waals surface area contributed by atoms with Gasteiger partial charge < -0.3 is 10.6 Å². The van der Waals surface area contributed by atoms with Gasteiger partial charge in [-0.05, 0) is 67.3 Å². The minimum Gasteiger partial charge on any atom is -0.376 e. The van der Waals surface area contributed by atoms with E-state index in [4.69, 9.17) is 0 Å². The summed E-state index contributed by atoms with van der Waals surface area (Å²) in [5.41, 5.74) is 2.90. The van der Waals surface area contributed by atoms with Crippen molar-refractivity contribution in [1.82, 2.24) is 5.32 Å². The lowest BCUT2D eigenvalue weighted by atomic mass is 9.93. The summed E-state index contributed by atoms with van der Waals surface area (Å²) in [5.74, 6) is -1.19. The Hall–Kier alpha value is -4.18. The number of carbonyl (C=O) groups is 2. The molecule has 7 heteroatoms. The van der Waals surface area contributed by atoms with Gasteiger partial charge in [0.05, 0.1) is 18.2 Å². The van der Waals surface area contributed by atoms with Gasteiger partial charge in [0.25, 0.3) is 0 Å². The fourth-order valence-electron chi connectivity index (χ4n) is 4.84. The summed E-state index contributed by atoms with van der Waals surface area (Å²) in [7, 11) is 0. The molecule has 1 unspecified atom stereocenters. The summed E-state index contributed by atoms with van der Waals surface area (Å²) in [6.07, 6.45) is 5.06. The van der Waals surface area contributed by atoms with Gasteiger partial charge in [-0.25, -0.2) is 4.39 Å². The molecule has 6 nitrogen and oxygen atoms in total. The molecule has 0 saturated heterocycles. The highest BCUT2D eigenvalue weighted by Crippen LogP contribution is 2.31. The summed E-state index contributed by atoms with van der Waals surface area (Å²) >= 11 is 0. The van der Waals surface area contributed by atoms with E-state index < -0.39 is 17.8 Å². The zero-order chi connectivity index (χ0) is 26.2. The van der Waals surface area contributed by atoms with Crippen LogP contribution < -0.4 is 15.5 Å². The maximum absolute atomic E-state index is 14.4. The molecule has 4 rings (SSSR count). The summed E-state index contributed by atoms with van der Waals surface area (Å²) in [6, 6.07) is 21.2. The summed E-state index contributed by atoms with van der Waals surface area (Å²) < 4.78 is 14.4. The van der Waals surface area contributed by atoms with Crippen LogP contribution in [0, 0.1) is 24.1 Å². The summed E-state index contributed by atoms with van der Waals surface area (Å²) in [5, 5.41) is 15.4. The molecular weight excluding hydrogens is 467 g/mol. The zero-order valence-electron chi connectivity index (χ0n) is 20.9. The van der Waals surface area contributed by atoms with E-state index in [0.717, 1.165) is 37.7 Å². The van der Waals surface area contributed by atoms with Crippen molar-refractivity contribution in [3.63, 3.8) is 0 Å². The van der Waals surface area contributed by atoms with Crippen LogP contribution >= 0.6 is 0 Å². The van der Waals surface area contributed by atoms with E-state index in [-0.39, 0.29) is 18.5 Å². The standard InChI is InChI=1S/C30H31FN4O2/c1-21-9-5-6-16-27(21)29(30(37)34-24-12-3-2-4-13-24)35(26-15-8-11-23(31)18-26)28(36)20-33-25-14-7-10-22(17-25)19-32/h5-11,14-18,24,29,33H,2-4,12-13,20H2,1H3,(H,34,37). The highest BCUT2D eigenvalue weighted by molar-refractivity contribution is 6.03. The Balaban J connectivity index is 1.71. The first-order valence-electron chi connectivity index (χ1n) is 12.6. The molecule has 1 saturated carbocycles. The fourth-order valence-corrected chi connectivity index (χ4v) is 4.84. The lowest BCUT2D eigenvalue weighted by molar-refractivity contribution is -0.126. The van der Waals surface area contributed by atoms with Gasteiger partial charge in [0.2, 0.25) is 11.8 Å². The predicted octanol–water partition coefficient (Wildman–Crippen LogP) is 5.64. The number of nitrogens with one attached hydrogen (secondary N) is 2. The molecule has 1 atom stereocenters. The molecule has 0 aromatic heterocycles. The van der Waals surface area contributed by atoms with Gasteiger partial charge in [-0.3, -0.25) is 14.5 Å². The zero-order valence-corrected chi connectivity index (χ0v) is 20.9. The van der Waals surface area contributed by atoms with Gasteiger partial charge in [0.1, 0.15) is 11.9 Å². The third-order valence-corrected chi connectivity index (χ3v) is 6.73. The number of benzene rings is 3. The Morgan fingerprint density at radius 2 is 1.78 bits per heavy atom. The third-order valence-electron chi connectivity index (χ3n) is 6.73. The first kappa shape index (κ1) is 25.9. The van der Waals surface area contributed by atoms with E-state index in [2.05, 4.69) is 16.7 Å². The SMILES string of the molecule is Cc1ccccc1C(C(=O)NC1CCCCC1)N(C(=O)CNc1cccc(C#N)c1)c1cccc(F)c1. The number of carbonyl (C=O) groups excluding carboxylic acids is 2. The molecule has 2 N–H and O–H groups in total. The lowest BCUT2D eigenvalue weighted by Crippen LogP contribution is -2.48. The average Bonchev–Trinajstić information content (AvgIpc) is 2.91. The number of rotatable bonds is 8. The van der Waals surface area contributed by atoms with Crippen molar-refractivity contribution in [3.8, 4) is 6.07 Å². The molecule has 1 aliphatic carbocycles. The van der Waals surface area contributed by atoms with Crippen LogP contribution in [-0.4, -0.2) is 24.4 Å². The molecule has 3 aromatic rings. The van der Waals surface area contributed by atoms with Gasteiger partial charge in [-0.1, -0.05) is 55.7 Å². The first-order valence-corrected chi connectivity index (χ1v) is 12.6. The normalized spacial score (nSPS) is 14.3. The Labute approximate surface area is 217 Å². The highest BCUT2D eigenvalue weighted by Gasteiger charge is 2.35. The Bertz CT molecular complexity index is 1300. The van der Waals surface area contributed by atoms with Crippen molar-refractivity contribution in [1.29, 1.82) is 5.26 Å². The second-order valence-corrected chi connectivity index (χ2v) is 9.39. The maximum Gasteiger partial charge on any atom is 0.248 e. The smallest absolute Gasteiger partial charge is 0.248 e. The van der Waals surface area contributed by atoms with E-state index in [1.807, 2.05) is 31.2 Å². The minimum absolute atomic E-state index is 0.0454. The fraction of sp³-hybridized carbons (Fsp3) is 0.300. The van der Waals surface area contributed by atoms with Crippen molar-refractivity contribution in [3.05, 3.63) is 95.3 Å².